The SMILES string of the molecule is CC(C)(C)NC(=O)c1ccc(COc2ccc(Cl)cc2)o1. The summed E-state index contributed by atoms with van der Waals surface area (Å²) in [6.07, 6.45) is 0. The molecule has 5 heteroatoms. The second-order valence-corrected chi connectivity index (χ2v) is 6.15. The van der Waals surface area contributed by atoms with Crippen molar-refractivity contribution in [2.75, 3.05) is 0 Å². The van der Waals surface area contributed by atoms with Gasteiger partial charge in [0.25, 0.3) is 5.91 Å². The van der Waals surface area contributed by atoms with Crippen molar-refractivity contribution in [3.63, 3.8) is 0 Å². The number of carbonyl (C=O) groups excluding carboxylic acids is 1. The van der Waals surface area contributed by atoms with Crippen LogP contribution in [0, 0.1) is 0 Å². The van der Waals surface area contributed by atoms with E-state index < -0.39 is 0 Å². The van der Waals surface area contributed by atoms with Crippen molar-refractivity contribution in [3.8, 4) is 5.75 Å². The second kappa shape index (κ2) is 6.22. The number of hydrogen-bond acceptors (Lipinski definition) is 3. The molecule has 0 bridgehead atoms. The third-order valence-corrected chi connectivity index (χ3v) is 2.82. The lowest BCUT2D eigenvalue weighted by Gasteiger charge is -2.19. The van der Waals surface area contributed by atoms with Crippen molar-refractivity contribution in [1.82, 2.24) is 5.32 Å². The predicted molar refractivity (Wildman–Crippen MR) is 81.7 cm³/mol. The molecule has 21 heavy (non-hydrogen) atoms. The Balaban J connectivity index is 1.94. The first-order valence-corrected chi connectivity index (χ1v) is 7.01. The van der Waals surface area contributed by atoms with Crippen LogP contribution in [0.3, 0.4) is 0 Å². The Morgan fingerprint density at radius 1 is 1.19 bits per heavy atom. The number of furan rings is 1. The largest absolute Gasteiger partial charge is 0.486 e. The number of carbonyl (C=O) groups is 1. The number of halogens is 1. The van der Waals surface area contributed by atoms with E-state index >= 15 is 0 Å². The lowest BCUT2D eigenvalue weighted by molar-refractivity contribution is 0.0887. The number of amides is 1. The molecule has 0 aliphatic heterocycles. The van der Waals surface area contributed by atoms with Crippen molar-refractivity contribution in [2.24, 2.45) is 0 Å². The zero-order chi connectivity index (χ0) is 15.5. The fourth-order valence-electron chi connectivity index (χ4n) is 1.66. The minimum absolute atomic E-state index is 0.236. The molecule has 0 spiro atoms. The van der Waals surface area contributed by atoms with Gasteiger partial charge in [0.05, 0.1) is 0 Å². The Labute approximate surface area is 129 Å². The number of rotatable bonds is 4. The molecule has 0 saturated heterocycles. The van der Waals surface area contributed by atoms with Gasteiger partial charge in [0, 0.05) is 10.6 Å². The van der Waals surface area contributed by atoms with Crippen LogP contribution < -0.4 is 10.1 Å². The molecule has 2 rings (SSSR count). The highest BCUT2D eigenvalue weighted by atomic mass is 35.5. The lowest BCUT2D eigenvalue weighted by Crippen LogP contribution is -2.40. The van der Waals surface area contributed by atoms with Gasteiger partial charge >= 0.3 is 0 Å². The summed E-state index contributed by atoms with van der Waals surface area (Å²) in [6, 6.07) is 10.4. The van der Waals surface area contributed by atoms with E-state index in [9.17, 15) is 4.79 Å². The summed E-state index contributed by atoms with van der Waals surface area (Å²) >= 11 is 5.80. The first kappa shape index (κ1) is 15.4. The summed E-state index contributed by atoms with van der Waals surface area (Å²) in [5.74, 6) is 1.32. The van der Waals surface area contributed by atoms with Crippen molar-refractivity contribution in [2.45, 2.75) is 32.9 Å². The Morgan fingerprint density at radius 2 is 1.86 bits per heavy atom. The molecule has 1 aromatic heterocycles. The van der Waals surface area contributed by atoms with Crippen molar-refractivity contribution in [1.29, 1.82) is 0 Å². The predicted octanol–water partition coefficient (Wildman–Crippen LogP) is 4.04. The van der Waals surface area contributed by atoms with Gasteiger partial charge in [0.15, 0.2) is 5.76 Å². The van der Waals surface area contributed by atoms with Gasteiger partial charge in [-0.1, -0.05) is 11.6 Å². The Bertz CT molecular complexity index is 611. The summed E-state index contributed by atoms with van der Waals surface area (Å²) in [6.45, 7) is 6.00. The first-order valence-electron chi connectivity index (χ1n) is 6.63. The average Bonchev–Trinajstić information content (AvgIpc) is 2.85. The van der Waals surface area contributed by atoms with E-state index in [1.165, 1.54) is 0 Å². The maximum atomic E-state index is 11.9. The molecule has 0 aliphatic carbocycles. The third-order valence-electron chi connectivity index (χ3n) is 2.57. The smallest absolute Gasteiger partial charge is 0.287 e. The summed E-state index contributed by atoms with van der Waals surface area (Å²) in [4.78, 5) is 11.9. The maximum absolute atomic E-state index is 11.9. The van der Waals surface area contributed by atoms with Crippen LogP contribution in [0.2, 0.25) is 5.02 Å². The molecular formula is C16H18ClNO3. The van der Waals surface area contributed by atoms with Crippen LogP contribution in [0.25, 0.3) is 0 Å². The zero-order valence-electron chi connectivity index (χ0n) is 12.3. The van der Waals surface area contributed by atoms with Gasteiger partial charge in [-0.05, 0) is 57.2 Å². The van der Waals surface area contributed by atoms with Gasteiger partial charge in [-0.2, -0.15) is 0 Å². The van der Waals surface area contributed by atoms with E-state index in [0.29, 0.717) is 16.5 Å². The number of benzene rings is 1. The third kappa shape index (κ3) is 4.83. The Morgan fingerprint density at radius 3 is 2.48 bits per heavy atom. The molecular weight excluding hydrogens is 290 g/mol. The normalized spacial score (nSPS) is 11.2. The standard InChI is InChI=1S/C16H18ClNO3/c1-16(2,3)18-15(19)14-9-8-13(21-14)10-20-12-6-4-11(17)5-7-12/h4-9H,10H2,1-3H3,(H,18,19). The highest BCUT2D eigenvalue weighted by Crippen LogP contribution is 2.18. The van der Waals surface area contributed by atoms with Crippen LogP contribution in [0.1, 0.15) is 37.1 Å². The summed E-state index contributed by atoms with van der Waals surface area (Å²) in [7, 11) is 0. The van der Waals surface area contributed by atoms with E-state index in [0.717, 1.165) is 0 Å². The average molecular weight is 308 g/mol. The van der Waals surface area contributed by atoms with E-state index in [2.05, 4.69) is 5.32 Å². The summed E-state index contributed by atoms with van der Waals surface area (Å²) in [5, 5.41) is 3.49. The summed E-state index contributed by atoms with van der Waals surface area (Å²) in [5.41, 5.74) is -0.302. The first-order chi connectivity index (χ1) is 9.83. The molecule has 1 amide bonds. The van der Waals surface area contributed by atoms with Gasteiger partial charge in [-0.15, -0.1) is 0 Å². The minimum atomic E-state index is -0.302. The molecule has 0 radical (unpaired) electrons. The molecule has 0 atom stereocenters. The fourth-order valence-corrected chi connectivity index (χ4v) is 1.79. The topological polar surface area (TPSA) is 51.5 Å². The molecule has 0 fully saturated rings. The van der Waals surface area contributed by atoms with Crippen LogP contribution in [-0.2, 0) is 6.61 Å². The Kier molecular flexibility index (Phi) is 4.58. The fraction of sp³-hybridized carbons (Fsp3) is 0.312. The molecule has 1 aromatic carbocycles. The second-order valence-electron chi connectivity index (χ2n) is 5.71. The van der Waals surface area contributed by atoms with Crippen LogP contribution in [0.15, 0.2) is 40.8 Å². The van der Waals surface area contributed by atoms with E-state index in [1.54, 1.807) is 36.4 Å². The van der Waals surface area contributed by atoms with E-state index in [1.807, 2.05) is 20.8 Å². The number of nitrogens with one attached hydrogen (secondary N) is 1. The lowest BCUT2D eigenvalue weighted by atomic mass is 10.1. The van der Waals surface area contributed by atoms with Crippen LogP contribution in [0.5, 0.6) is 5.75 Å². The van der Waals surface area contributed by atoms with Crippen molar-refractivity contribution in [3.05, 3.63) is 52.9 Å². The van der Waals surface area contributed by atoms with Crippen LogP contribution in [0.4, 0.5) is 0 Å². The van der Waals surface area contributed by atoms with Crippen LogP contribution in [-0.4, -0.2) is 11.4 Å². The molecule has 4 nitrogen and oxygen atoms in total. The molecule has 1 N–H and O–H groups in total. The van der Waals surface area contributed by atoms with Gasteiger partial charge in [0.1, 0.15) is 18.1 Å². The van der Waals surface area contributed by atoms with E-state index in [-0.39, 0.29) is 23.8 Å². The summed E-state index contributed by atoms with van der Waals surface area (Å²) < 4.78 is 11.0. The highest BCUT2D eigenvalue weighted by molar-refractivity contribution is 6.30. The van der Waals surface area contributed by atoms with Crippen molar-refractivity contribution >= 4 is 17.5 Å². The monoisotopic (exact) mass is 307 g/mol. The number of ether oxygens (including phenoxy) is 1. The van der Waals surface area contributed by atoms with Gasteiger partial charge in [0.2, 0.25) is 0 Å². The maximum Gasteiger partial charge on any atom is 0.287 e. The van der Waals surface area contributed by atoms with Crippen LogP contribution >= 0.6 is 11.6 Å². The van der Waals surface area contributed by atoms with Crippen molar-refractivity contribution < 1.29 is 13.9 Å². The number of hydrogen-bond donors (Lipinski definition) is 1. The molecule has 0 aliphatic rings. The Hall–Kier alpha value is -1.94. The molecule has 112 valence electrons. The molecule has 2 aromatic rings. The molecule has 0 saturated carbocycles. The molecule has 1 heterocycles. The minimum Gasteiger partial charge on any atom is -0.486 e. The van der Waals surface area contributed by atoms with E-state index in [4.69, 9.17) is 20.8 Å². The van der Waals surface area contributed by atoms with Gasteiger partial charge in [-0.25, -0.2) is 0 Å². The zero-order valence-corrected chi connectivity index (χ0v) is 13.0. The molecule has 0 unspecified atom stereocenters. The van der Waals surface area contributed by atoms with Gasteiger partial charge in [-0.3, -0.25) is 4.79 Å². The quantitative estimate of drug-likeness (QED) is 0.927. The van der Waals surface area contributed by atoms with Gasteiger partial charge < -0.3 is 14.5 Å². The highest BCUT2D eigenvalue weighted by Gasteiger charge is 2.18.